The zero-order valence-corrected chi connectivity index (χ0v) is 11.6. The van der Waals surface area contributed by atoms with Crippen LogP contribution in [0.25, 0.3) is 11.0 Å². The molecule has 3 aromatic rings. The van der Waals surface area contributed by atoms with Crippen molar-refractivity contribution in [3.63, 3.8) is 0 Å². The van der Waals surface area contributed by atoms with Gasteiger partial charge in [-0.2, -0.15) is 0 Å². The lowest BCUT2D eigenvalue weighted by Gasteiger charge is -1.99. The van der Waals surface area contributed by atoms with E-state index >= 15 is 0 Å². The maximum Gasteiger partial charge on any atom is 0.111 e. The van der Waals surface area contributed by atoms with Gasteiger partial charge in [0.1, 0.15) is 5.82 Å². The minimum absolute atomic E-state index is 0.856. The van der Waals surface area contributed by atoms with Gasteiger partial charge in [-0.1, -0.05) is 29.8 Å². The van der Waals surface area contributed by atoms with Crippen LogP contribution in [0.1, 0.15) is 28.1 Å². The number of hydrogen-bond donors (Lipinski definition) is 1. The van der Waals surface area contributed by atoms with Crippen LogP contribution < -0.4 is 0 Å². The highest BCUT2D eigenvalue weighted by molar-refractivity contribution is 5.77. The summed E-state index contributed by atoms with van der Waals surface area (Å²) < 4.78 is 0. The van der Waals surface area contributed by atoms with Crippen molar-refractivity contribution in [3.05, 3.63) is 64.5 Å². The van der Waals surface area contributed by atoms with E-state index in [9.17, 15) is 0 Å². The van der Waals surface area contributed by atoms with Gasteiger partial charge in [0.15, 0.2) is 0 Å². The molecule has 96 valence electrons. The Morgan fingerprint density at radius 3 is 2.58 bits per heavy atom. The van der Waals surface area contributed by atoms with Gasteiger partial charge >= 0.3 is 0 Å². The number of hydrogen-bond acceptors (Lipinski definition) is 1. The first-order chi connectivity index (χ1) is 9.11. The summed E-state index contributed by atoms with van der Waals surface area (Å²) in [5.74, 6) is 1.03. The maximum absolute atomic E-state index is 4.68. The van der Waals surface area contributed by atoms with Gasteiger partial charge in [0, 0.05) is 6.42 Å². The summed E-state index contributed by atoms with van der Waals surface area (Å²) in [5.41, 5.74) is 7.38. The van der Waals surface area contributed by atoms with Gasteiger partial charge in [-0.25, -0.2) is 4.98 Å². The van der Waals surface area contributed by atoms with Crippen molar-refractivity contribution < 1.29 is 0 Å². The number of rotatable bonds is 2. The number of aromatic amines is 1. The van der Waals surface area contributed by atoms with Crippen LogP contribution in [0.15, 0.2) is 36.4 Å². The first-order valence-electron chi connectivity index (χ1n) is 6.63. The molecule has 2 nitrogen and oxygen atoms in total. The van der Waals surface area contributed by atoms with Crippen molar-refractivity contribution >= 4 is 11.0 Å². The van der Waals surface area contributed by atoms with E-state index in [1.165, 1.54) is 22.3 Å². The molecular weight excluding hydrogens is 232 g/mol. The van der Waals surface area contributed by atoms with Gasteiger partial charge in [-0.3, -0.25) is 0 Å². The topological polar surface area (TPSA) is 28.7 Å². The summed E-state index contributed by atoms with van der Waals surface area (Å²) in [6, 6.07) is 12.9. The van der Waals surface area contributed by atoms with Crippen molar-refractivity contribution in [2.45, 2.75) is 27.2 Å². The number of benzene rings is 2. The van der Waals surface area contributed by atoms with E-state index in [1.807, 2.05) is 0 Å². The fourth-order valence-electron chi connectivity index (χ4n) is 2.42. The second-order valence-corrected chi connectivity index (χ2v) is 5.30. The molecule has 0 saturated carbocycles. The molecule has 3 rings (SSSR count). The molecule has 0 fully saturated rings. The average molecular weight is 250 g/mol. The Hall–Kier alpha value is -2.09. The molecule has 2 heteroatoms. The lowest BCUT2D eigenvalue weighted by atomic mass is 10.1. The minimum Gasteiger partial charge on any atom is -0.342 e. The average Bonchev–Trinajstić information content (AvgIpc) is 2.71. The van der Waals surface area contributed by atoms with Gasteiger partial charge in [0.25, 0.3) is 0 Å². The number of aromatic nitrogens is 2. The van der Waals surface area contributed by atoms with Crippen LogP contribution in [0.5, 0.6) is 0 Å². The van der Waals surface area contributed by atoms with E-state index in [4.69, 9.17) is 0 Å². The second-order valence-electron chi connectivity index (χ2n) is 5.30. The Balaban J connectivity index is 1.97. The van der Waals surface area contributed by atoms with E-state index in [0.717, 1.165) is 23.3 Å². The fourth-order valence-corrected chi connectivity index (χ4v) is 2.42. The number of imidazole rings is 1. The smallest absolute Gasteiger partial charge is 0.111 e. The van der Waals surface area contributed by atoms with Gasteiger partial charge in [-0.05, 0) is 49.6 Å². The number of nitrogens with zero attached hydrogens (tertiary/aromatic N) is 1. The molecule has 0 saturated heterocycles. The molecule has 0 aliphatic heterocycles. The molecule has 0 aliphatic rings. The molecule has 1 heterocycles. The van der Waals surface area contributed by atoms with Crippen LogP contribution in [0, 0.1) is 20.8 Å². The van der Waals surface area contributed by atoms with Crippen LogP contribution >= 0.6 is 0 Å². The molecule has 0 aliphatic carbocycles. The van der Waals surface area contributed by atoms with Gasteiger partial charge in [0.05, 0.1) is 11.0 Å². The van der Waals surface area contributed by atoms with E-state index in [1.54, 1.807) is 0 Å². The Labute approximate surface area is 113 Å². The van der Waals surface area contributed by atoms with Crippen molar-refractivity contribution in [2.24, 2.45) is 0 Å². The Bertz CT molecular complexity index is 699. The predicted molar refractivity (Wildman–Crippen MR) is 79.6 cm³/mol. The molecule has 0 spiro atoms. The summed E-state index contributed by atoms with van der Waals surface area (Å²) in [7, 11) is 0. The molecule has 0 amide bonds. The van der Waals surface area contributed by atoms with E-state index < -0.39 is 0 Å². The first kappa shape index (κ1) is 12.0. The predicted octanol–water partition coefficient (Wildman–Crippen LogP) is 4.08. The Kier molecular flexibility index (Phi) is 2.86. The van der Waals surface area contributed by atoms with E-state index in [-0.39, 0.29) is 0 Å². The summed E-state index contributed by atoms with van der Waals surface area (Å²) >= 11 is 0. The van der Waals surface area contributed by atoms with E-state index in [2.05, 4.69) is 67.1 Å². The third-order valence-corrected chi connectivity index (χ3v) is 3.60. The zero-order valence-electron chi connectivity index (χ0n) is 11.6. The minimum atomic E-state index is 0.856. The maximum atomic E-state index is 4.68. The highest BCUT2D eigenvalue weighted by Crippen LogP contribution is 2.18. The second kappa shape index (κ2) is 4.54. The number of fused-ring (bicyclic) bond motifs is 1. The molecule has 0 unspecified atom stereocenters. The largest absolute Gasteiger partial charge is 0.342 e. The quantitative estimate of drug-likeness (QED) is 0.729. The van der Waals surface area contributed by atoms with Crippen LogP contribution in [0.2, 0.25) is 0 Å². The van der Waals surface area contributed by atoms with Crippen LogP contribution in [0.4, 0.5) is 0 Å². The summed E-state index contributed by atoms with van der Waals surface area (Å²) in [5, 5.41) is 0. The molecule has 0 bridgehead atoms. The molecule has 0 radical (unpaired) electrons. The third kappa shape index (κ3) is 2.39. The standard InChI is InChI=1S/C17H18N2/c1-11-5-4-6-14(7-11)10-17-18-15-8-12(2)13(3)9-16(15)19-17/h4-9H,10H2,1-3H3,(H,18,19). The van der Waals surface area contributed by atoms with Gasteiger partial charge < -0.3 is 4.98 Å². The lowest BCUT2D eigenvalue weighted by molar-refractivity contribution is 1.04. The van der Waals surface area contributed by atoms with Crippen molar-refractivity contribution in [1.29, 1.82) is 0 Å². The summed E-state index contributed by atoms with van der Waals surface area (Å²) in [6.45, 7) is 6.38. The summed E-state index contributed by atoms with van der Waals surface area (Å²) in [6.07, 6.45) is 0.856. The molecule has 1 N–H and O–H groups in total. The SMILES string of the molecule is Cc1cccc(Cc2nc3cc(C)c(C)cc3[nH]2)c1. The molecular formula is C17H18N2. The fraction of sp³-hybridized carbons (Fsp3) is 0.235. The van der Waals surface area contributed by atoms with E-state index in [0.29, 0.717) is 0 Å². The molecule has 2 aromatic carbocycles. The van der Waals surface area contributed by atoms with Crippen molar-refractivity contribution in [3.8, 4) is 0 Å². The van der Waals surface area contributed by atoms with Crippen LogP contribution in [-0.2, 0) is 6.42 Å². The van der Waals surface area contributed by atoms with Crippen molar-refractivity contribution in [1.82, 2.24) is 9.97 Å². The number of H-pyrrole nitrogens is 1. The monoisotopic (exact) mass is 250 g/mol. The van der Waals surface area contributed by atoms with Crippen LogP contribution in [-0.4, -0.2) is 9.97 Å². The lowest BCUT2D eigenvalue weighted by Crippen LogP contribution is -1.90. The molecule has 19 heavy (non-hydrogen) atoms. The highest BCUT2D eigenvalue weighted by atomic mass is 14.9. The van der Waals surface area contributed by atoms with Crippen LogP contribution in [0.3, 0.4) is 0 Å². The normalized spacial score (nSPS) is 11.1. The third-order valence-electron chi connectivity index (χ3n) is 3.60. The Morgan fingerprint density at radius 1 is 1.00 bits per heavy atom. The first-order valence-corrected chi connectivity index (χ1v) is 6.63. The zero-order chi connectivity index (χ0) is 13.4. The van der Waals surface area contributed by atoms with Gasteiger partial charge in [-0.15, -0.1) is 0 Å². The summed E-state index contributed by atoms with van der Waals surface area (Å²) in [4.78, 5) is 8.10. The van der Waals surface area contributed by atoms with Crippen molar-refractivity contribution in [2.75, 3.05) is 0 Å². The highest BCUT2D eigenvalue weighted by Gasteiger charge is 2.05. The molecule has 0 atom stereocenters. The van der Waals surface area contributed by atoms with Gasteiger partial charge in [0.2, 0.25) is 0 Å². The molecule has 1 aromatic heterocycles. The number of aryl methyl sites for hydroxylation is 3. The Morgan fingerprint density at radius 2 is 1.79 bits per heavy atom. The number of nitrogens with one attached hydrogen (secondary N) is 1.